The summed E-state index contributed by atoms with van der Waals surface area (Å²) < 4.78 is 13.1. The second-order valence-corrected chi connectivity index (χ2v) is 7.15. The Morgan fingerprint density at radius 1 is 0.935 bits per heavy atom. The largest absolute Gasteiger partial charge is 0.485 e. The quantitative estimate of drug-likeness (QED) is 0.363. The van der Waals surface area contributed by atoms with Gasteiger partial charge in [-0.25, -0.2) is 0 Å². The highest BCUT2D eigenvalue weighted by atomic mass is 16.5. The lowest BCUT2D eigenvalue weighted by atomic mass is 10.0. The van der Waals surface area contributed by atoms with Crippen molar-refractivity contribution in [1.82, 2.24) is 14.8 Å². The molecule has 0 saturated heterocycles. The summed E-state index contributed by atoms with van der Waals surface area (Å²) in [5.41, 5.74) is 4.35. The fraction of sp³-hybridized carbons (Fsp3) is 0.0800. The zero-order valence-electron chi connectivity index (χ0n) is 16.9. The minimum absolute atomic E-state index is 0.0618. The van der Waals surface area contributed by atoms with E-state index in [0.29, 0.717) is 17.2 Å². The third-order valence-electron chi connectivity index (χ3n) is 5.26. The van der Waals surface area contributed by atoms with Crippen LogP contribution in [0.4, 0.5) is 0 Å². The second kappa shape index (κ2) is 7.91. The number of carbonyl (C=O) groups is 1. The van der Waals surface area contributed by atoms with Gasteiger partial charge in [-0.1, -0.05) is 48.5 Å². The van der Waals surface area contributed by atoms with Crippen LogP contribution in [0.15, 0.2) is 89.7 Å². The zero-order valence-corrected chi connectivity index (χ0v) is 16.9. The number of rotatable bonds is 6. The summed E-state index contributed by atoms with van der Waals surface area (Å²) in [7, 11) is 1.98. The predicted octanol–water partition coefficient (Wildman–Crippen LogP) is 5.16. The number of ether oxygens (including phenoxy) is 1. The van der Waals surface area contributed by atoms with E-state index in [-0.39, 0.29) is 12.4 Å². The molecule has 31 heavy (non-hydrogen) atoms. The molecule has 5 rings (SSSR count). The molecule has 0 saturated carbocycles. The highest BCUT2D eigenvalue weighted by molar-refractivity contribution is 6.14. The van der Waals surface area contributed by atoms with E-state index in [1.54, 1.807) is 12.1 Å². The Morgan fingerprint density at radius 3 is 2.42 bits per heavy atom. The molecule has 0 aliphatic heterocycles. The fourth-order valence-electron chi connectivity index (χ4n) is 3.82. The van der Waals surface area contributed by atoms with Gasteiger partial charge in [-0.3, -0.25) is 4.79 Å². The molecular weight excluding hydrogens is 390 g/mol. The number of ketones is 1. The minimum atomic E-state index is -0.0726. The molecule has 6 heteroatoms. The molecular formula is C25H19N3O3. The maximum Gasteiger partial charge on any atom is 0.247 e. The Hall–Kier alpha value is -4.19. The summed E-state index contributed by atoms with van der Waals surface area (Å²) in [5, 5.41) is 8.49. The van der Waals surface area contributed by atoms with Gasteiger partial charge >= 0.3 is 0 Å². The molecule has 0 atom stereocenters. The summed E-state index contributed by atoms with van der Waals surface area (Å²) >= 11 is 0. The highest BCUT2D eigenvalue weighted by Crippen LogP contribution is 2.33. The molecule has 0 radical (unpaired) electrons. The van der Waals surface area contributed by atoms with E-state index >= 15 is 0 Å². The number of hydrogen-bond acceptors (Lipinski definition) is 5. The molecule has 6 nitrogen and oxygen atoms in total. The first kappa shape index (κ1) is 18.8. The monoisotopic (exact) mass is 409 g/mol. The van der Waals surface area contributed by atoms with Crippen molar-refractivity contribution in [2.45, 2.75) is 0 Å². The van der Waals surface area contributed by atoms with Crippen molar-refractivity contribution in [2.24, 2.45) is 7.05 Å². The number of fused-ring (bicyclic) bond motifs is 1. The first-order chi connectivity index (χ1) is 15.2. The Balaban J connectivity index is 1.45. The SMILES string of the molecule is Cn1c(-c2ccccc2)c(C(=O)COc2ccc(-c3nnco3)cc2)c2ccccc21. The van der Waals surface area contributed by atoms with E-state index in [0.717, 1.165) is 27.7 Å². The predicted molar refractivity (Wildman–Crippen MR) is 118 cm³/mol. The molecule has 0 bridgehead atoms. The van der Waals surface area contributed by atoms with Gasteiger partial charge in [-0.05, 0) is 35.9 Å². The van der Waals surface area contributed by atoms with Gasteiger partial charge in [0.1, 0.15) is 5.75 Å². The molecule has 5 aromatic rings. The van der Waals surface area contributed by atoms with Gasteiger partial charge in [-0.15, -0.1) is 10.2 Å². The van der Waals surface area contributed by atoms with Crippen LogP contribution in [0.2, 0.25) is 0 Å². The molecule has 0 aliphatic rings. The van der Waals surface area contributed by atoms with Gasteiger partial charge in [0.2, 0.25) is 18.1 Å². The van der Waals surface area contributed by atoms with Gasteiger partial charge in [-0.2, -0.15) is 0 Å². The van der Waals surface area contributed by atoms with Crippen LogP contribution in [0, 0.1) is 0 Å². The number of aromatic nitrogens is 3. The number of hydrogen-bond donors (Lipinski definition) is 0. The molecule has 0 unspecified atom stereocenters. The van der Waals surface area contributed by atoms with Crippen molar-refractivity contribution >= 4 is 16.7 Å². The first-order valence-electron chi connectivity index (χ1n) is 9.88. The van der Waals surface area contributed by atoms with Crippen LogP contribution in [0.25, 0.3) is 33.6 Å². The summed E-state index contributed by atoms with van der Waals surface area (Å²) in [6.45, 7) is -0.0618. The Bertz CT molecular complexity index is 1340. The molecule has 0 aliphatic carbocycles. The summed E-state index contributed by atoms with van der Waals surface area (Å²) in [4.78, 5) is 13.3. The Labute approximate surface area is 178 Å². The molecule has 0 fully saturated rings. The molecule has 2 aromatic heterocycles. The van der Waals surface area contributed by atoms with Crippen LogP contribution in [0.5, 0.6) is 5.75 Å². The lowest BCUT2D eigenvalue weighted by Crippen LogP contribution is -2.12. The minimum Gasteiger partial charge on any atom is -0.485 e. The van der Waals surface area contributed by atoms with Crippen LogP contribution in [0.1, 0.15) is 10.4 Å². The average molecular weight is 409 g/mol. The lowest BCUT2D eigenvalue weighted by Gasteiger charge is -2.09. The molecule has 3 aromatic carbocycles. The van der Waals surface area contributed by atoms with Crippen molar-refractivity contribution < 1.29 is 13.9 Å². The van der Waals surface area contributed by atoms with E-state index in [9.17, 15) is 4.79 Å². The van der Waals surface area contributed by atoms with Crippen LogP contribution >= 0.6 is 0 Å². The van der Waals surface area contributed by atoms with E-state index in [4.69, 9.17) is 9.15 Å². The first-order valence-corrected chi connectivity index (χ1v) is 9.88. The number of aryl methyl sites for hydroxylation is 1. The second-order valence-electron chi connectivity index (χ2n) is 7.15. The van der Waals surface area contributed by atoms with Crippen LogP contribution in [0.3, 0.4) is 0 Å². The Kier molecular flexibility index (Phi) is 4.80. The van der Waals surface area contributed by atoms with Gasteiger partial charge in [0.05, 0.1) is 11.3 Å². The van der Waals surface area contributed by atoms with Crippen LogP contribution < -0.4 is 4.74 Å². The van der Waals surface area contributed by atoms with Crippen LogP contribution in [-0.4, -0.2) is 27.2 Å². The summed E-state index contributed by atoms with van der Waals surface area (Å²) in [6.07, 6.45) is 1.28. The maximum atomic E-state index is 13.3. The number of carbonyl (C=O) groups excluding carboxylic acids is 1. The topological polar surface area (TPSA) is 70.2 Å². The highest BCUT2D eigenvalue weighted by Gasteiger charge is 2.22. The number of benzene rings is 3. The molecule has 152 valence electrons. The standard InChI is InChI=1S/C25H19N3O3/c1-28-21-10-6-5-9-20(21)23(24(28)17-7-3-2-4-8-17)22(29)15-30-19-13-11-18(12-14-19)25-27-26-16-31-25/h2-14,16H,15H2,1H3. The fourth-order valence-corrected chi connectivity index (χ4v) is 3.82. The molecule has 0 spiro atoms. The smallest absolute Gasteiger partial charge is 0.247 e. The van der Waals surface area contributed by atoms with Crippen molar-refractivity contribution in [3.05, 3.63) is 90.8 Å². The molecule has 0 N–H and O–H groups in total. The van der Waals surface area contributed by atoms with E-state index in [1.165, 1.54) is 6.39 Å². The van der Waals surface area contributed by atoms with Crippen molar-refractivity contribution in [2.75, 3.05) is 6.61 Å². The molecule has 0 amide bonds. The maximum absolute atomic E-state index is 13.3. The third-order valence-corrected chi connectivity index (χ3v) is 5.26. The zero-order chi connectivity index (χ0) is 21.2. The number of nitrogens with zero attached hydrogens (tertiary/aromatic N) is 3. The van der Waals surface area contributed by atoms with E-state index in [2.05, 4.69) is 14.8 Å². The lowest BCUT2D eigenvalue weighted by molar-refractivity contribution is 0.0923. The number of Topliss-reactive ketones (excluding diaryl/α,β-unsaturated/α-hetero) is 1. The van der Waals surface area contributed by atoms with Crippen molar-refractivity contribution in [1.29, 1.82) is 0 Å². The van der Waals surface area contributed by atoms with E-state index in [1.807, 2.05) is 73.8 Å². The summed E-state index contributed by atoms with van der Waals surface area (Å²) in [6, 6.07) is 25.1. The van der Waals surface area contributed by atoms with Gasteiger partial charge in [0, 0.05) is 23.5 Å². The molecule has 2 heterocycles. The van der Waals surface area contributed by atoms with Crippen molar-refractivity contribution in [3.8, 4) is 28.5 Å². The van der Waals surface area contributed by atoms with Gasteiger partial charge in [0.15, 0.2) is 6.61 Å². The third kappa shape index (κ3) is 3.48. The van der Waals surface area contributed by atoms with Crippen LogP contribution in [-0.2, 0) is 7.05 Å². The van der Waals surface area contributed by atoms with Gasteiger partial charge < -0.3 is 13.7 Å². The normalized spacial score (nSPS) is 11.0. The summed E-state index contributed by atoms with van der Waals surface area (Å²) in [5.74, 6) is 0.959. The van der Waals surface area contributed by atoms with Gasteiger partial charge in [0.25, 0.3) is 0 Å². The Morgan fingerprint density at radius 2 is 1.68 bits per heavy atom. The average Bonchev–Trinajstić information content (AvgIpc) is 3.46. The van der Waals surface area contributed by atoms with Crippen molar-refractivity contribution in [3.63, 3.8) is 0 Å². The number of para-hydroxylation sites is 1. The van der Waals surface area contributed by atoms with E-state index < -0.39 is 0 Å².